The molecule has 7 heteroatoms. The van der Waals surface area contributed by atoms with Crippen LogP contribution in [0.1, 0.15) is 11.1 Å². The fraction of sp³-hybridized carbons (Fsp3) is 0.125. The Morgan fingerprint density at radius 2 is 1.71 bits per heavy atom. The fourth-order valence-electron chi connectivity index (χ4n) is 3.19. The Kier molecular flexibility index (Phi) is 6.70. The number of carbonyl (C=O) groups excluding carboxylic acids is 1. The molecule has 0 aliphatic heterocycles. The number of carbonyl (C=O) groups is 1. The van der Waals surface area contributed by atoms with E-state index in [9.17, 15) is 9.59 Å². The zero-order valence-electron chi connectivity index (χ0n) is 16.6. The Morgan fingerprint density at radius 1 is 0.968 bits per heavy atom. The van der Waals surface area contributed by atoms with Crippen LogP contribution in [0.25, 0.3) is 10.9 Å². The predicted octanol–water partition coefficient (Wildman–Crippen LogP) is 4.51. The van der Waals surface area contributed by atoms with Crippen molar-refractivity contribution in [2.75, 3.05) is 5.75 Å². The van der Waals surface area contributed by atoms with Crippen molar-refractivity contribution in [1.82, 2.24) is 14.9 Å². The first-order chi connectivity index (χ1) is 15.1. The summed E-state index contributed by atoms with van der Waals surface area (Å²) in [6.45, 7) is 0.784. The van der Waals surface area contributed by atoms with Gasteiger partial charge < -0.3 is 5.32 Å². The van der Waals surface area contributed by atoms with E-state index >= 15 is 0 Å². The lowest BCUT2D eigenvalue weighted by Crippen LogP contribution is -2.27. The van der Waals surface area contributed by atoms with Gasteiger partial charge in [-0.05, 0) is 35.4 Å². The van der Waals surface area contributed by atoms with Crippen LogP contribution >= 0.6 is 23.4 Å². The molecule has 4 aromatic rings. The molecule has 0 aliphatic carbocycles. The van der Waals surface area contributed by atoms with Gasteiger partial charge in [0.25, 0.3) is 5.56 Å². The number of benzene rings is 3. The summed E-state index contributed by atoms with van der Waals surface area (Å²) in [6, 6.07) is 24.4. The maximum Gasteiger partial charge on any atom is 0.262 e. The van der Waals surface area contributed by atoms with Crippen molar-refractivity contribution in [3.63, 3.8) is 0 Å². The molecule has 0 saturated heterocycles. The second-order valence-electron chi connectivity index (χ2n) is 6.98. The van der Waals surface area contributed by atoms with Crippen LogP contribution in [0.4, 0.5) is 0 Å². The second-order valence-corrected chi connectivity index (χ2v) is 8.36. The smallest absolute Gasteiger partial charge is 0.262 e. The maximum atomic E-state index is 13.1. The molecule has 0 unspecified atom stereocenters. The molecule has 4 rings (SSSR count). The summed E-state index contributed by atoms with van der Waals surface area (Å²) in [7, 11) is 0. The number of thioether (sulfide) groups is 1. The standard InChI is InChI=1S/C24H20ClN3O2S/c25-19-10-6-9-18(13-19)14-26-22(29)16-31-24-27-21-12-5-4-11-20(21)23(30)28(24)15-17-7-2-1-3-8-17/h1-13H,14-16H2,(H,26,29). The van der Waals surface area contributed by atoms with Crippen LogP contribution in [0, 0.1) is 0 Å². The monoisotopic (exact) mass is 449 g/mol. The van der Waals surface area contributed by atoms with Crippen molar-refractivity contribution in [2.45, 2.75) is 18.2 Å². The lowest BCUT2D eigenvalue weighted by molar-refractivity contribution is -0.118. The summed E-state index contributed by atoms with van der Waals surface area (Å²) < 4.78 is 1.63. The average molecular weight is 450 g/mol. The van der Waals surface area contributed by atoms with E-state index < -0.39 is 0 Å². The van der Waals surface area contributed by atoms with Gasteiger partial charge in [0.2, 0.25) is 5.91 Å². The lowest BCUT2D eigenvalue weighted by Gasteiger charge is -2.13. The van der Waals surface area contributed by atoms with Gasteiger partial charge in [-0.1, -0.05) is 78.0 Å². The average Bonchev–Trinajstić information content (AvgIpc) is 2.79. The number of aromatic nitrogens is 2. The van der Waals surface area contributed by atoms with Gasteiger partial charge in [-0.15, -0.1) is 0 Å². The number of amides is 1. The van der Waals surface area contributed by atoms with Gasteiger partial charge in [0.15, 0.2) is 5.16 Å². The molecule has 0 bridgehead atoms. The molecule has 1 amide bonds. The van der Waals surface area contributed by atoms with E-state index in [2.05, 4.69) is 10.3 Å². The lowest BCUT2D eigenvalue weighted by atomic mass is 10.2. The molecule has 0 fully saturated rings. The third-order valence-electron chi connectivity index (χ3n) is 4.72. The molecule has 0 spiro atoms. The highest BCUT2D eigenvalue weighted by Crippen LogP contribution is 2.19. The van der Waals surface area contributed by atoms with E-state index in [0.29, 0.717) is 34.2 Å². The highest BCUT2D eigenvalue weighted by atomic mass is 35.5. The van der Waals surface area contributed by atoms with E-state index in [1.54, 1.807) is 16.7 Å². The Labute approximate surface area is 189 Å². The first-order valence-corrected chi connectivity index (χ1v) is 11.1. The van der Waals surface area contributed by atoms with Gasteiger partial charge in [0.05, 0.1) is 23.2 Å². The van der Waals surface area contributed by atoms with Crippen LogP contribution in [0.2, 0.25) is 5.02 Å². The maximum absolute atomic E-state index is 13.1. The summed E-state index contributed by atoms with van der Waals surface area (Å²) in [4.78, 5) is 30.2. The quantitative estimate of drug-likeness (QED) is 0.333. The van der Waals surface area contributed by atoms with Crippen LogP contribution in [0.3, 0.4) is 0 Å². The van der Waals surface area contributed by atoms with Crippen LogP contribution in [0.15, 0.2) is 88.8 Å². The molecule has 5 nitrogen and oxygen atoms in total. The summed E-state index contributed by atoms with van der Waals surface area (Å²) in [5.74, 6) is 0.0128. The van der Waals surface area contributed by atoms with Crippen molar-refractivity contribution in [1.29, 1.82) is 0 Å². The van der Waals surface area contributed by atoms with Crippen LogP contribution in [-0.2, 0) is 17.9 Å². The van der Waals surface area contributed by atoms with E-state index in [0.717, 1.165) is 11.1 Å². The number of nitrogens with one attached hydrogen (secondary N) is 1. The highest BCUT2D eigenvalue weighted by molar-refractivity contribution is 7.99. The van der Waals surface area contributed by atoms with Gasteiger partial charge in [0, 0.05) is 11.6 Å². The number of hydrogen-bond donors (Lipinski definition) is 1. The molecule has 1 N–H and O–H groups in total. The van der Waals surface area contributed by atoms with Gasteiger partial charge in [-0.3, -0.25) is 14.2 Å². The number of rotatable bonds is 7. The van der Waals surface area contributed by atoms with E-state index in [4.69, 9.17) is 11.6 Å². The molecule has 1 aromatic heterocycles. The number of hydrogen-bond acceptors (Lipinski definition) is 4. The first kappa shape index (κ1) is 21.2. The van der Waals surface area contributed by atoms with E-state index in [1.807, 2.05) is 66.7 Å². The van der Waals surface area contributed by atoms with Gasteiger partial charge in [-0.25, -0.2) is 4.98 Å². The van der Waals surface area contributed by atoms with Crippen LogP contribution < -0.4 is 10.9 Å². The van der Waals surface area contributed by atoms with Crippen molar-refractivity contribution in [3.05, 3.63) is 105 Å². The minimum atomic E-state index is -0.140. The Morgan fingerprint density at radius 3 is 2.52 bits per heavy atom. The largest absolute Gasteiger partial charge is 0.351 e. The van der Waals surface area contributed by atoms with E-state index in [-0.39, 0.29) is 17.2 Å². The molecular weight excluding hydrogens is 430 g/mol. The molecule has 0 aliphatic rings. The number of para-hydroxylation sites is 1. The summed E-state index contributed by atoms with van der Waals surface area (Å²) in [5.41, 5.74) is 2.43. The topological polar surface area (TPSA) is 64.0 Å². The number of nitrogens with zero attached hydrogens (tertiary/aromatic N) is 2. The molecule has 156 valence electrons. The summed E-state index contributed by atoms with van der Waals surface area (Å²) in [5, 5.41) is 4.60. The number of fused-ring (bicyclic) bond motifs is 1. The number of halogens is 1. The SMILES string of the molecule is O=C(CSc1nc2ccccc2c(=O)n1Cc1ccccc1)NCc1cccc(Cl)c1. The second kappa shape index (κ2) is 9.81. The predicted molar refractivity (Wildman–Crippen MR) is 126 cm³/mol. The normalized spacial score (nSPS) is 10.9. The minimum Gasteiger partial charge on any atom is -0.351 e. The molecule has 1 heterocycles. The van der Waals surface area contributed by atoms with Gasteiger partial charge in [-0.2, -0.15) is 0 Å². The van der Waals surface area contributed by atoms with Gasteiger partial charge >= 0.3 is 0 Å². The fourth-order valence-corrected chi connectivity index (χ4v) is 4.23. The molecule has 3 aromatic carbocycles. The zero-order valence-corrected chi connectivity index (χ0v) is 18.2. The minimum absolute atomic E-state index is 0.115. The van der Waals surface area contributed by atoms with Crippen LogP contribution in [-0.4, -0.2) is 21.2 Å². The molecule has 0 atom stereocenters. The summed E-state index contributed by atoms with van der Waals surface area (Å²) in [6.07, 6.45) is 0. The van der Waals surface area contributed by atoms with Crippen molar-refractivity contribution >= 4 is 40.2 Å². The van der Waals surface area contributed by atoms with Gasteiger partial charge in [0.1, 0.15) is 0 Å². The molecule has 0 radical (unpaired) electrons. The van der Waals surface area contributed by atoms with Crippen molar-refractivity contribution < 1.29 is 4.79 Å². The van der Waals surface area contributed by atoms with E-state index in [1.165, 1.54) is 11.8 Å². The highest BCUT2D eigenvalue weighted by Gasteiger charge is 2.13. The van der Waals surface area contributed by atoms with Crippen LogP contribution in [0.5, 0.6) is 0 Å². The molecule has 0 saturated carbocycles. The van der Waals surface area contributed by atoms with Crippen molar-refractivity contribution in [2.24, 2.45) is 0 Å². The molecular formula is C24H20ClN3O2S. The Hall–Kier alpha value is -3.09. The first-order valence-electron chi connectivity index (χ1n) is 9.77. The Balaban J connectivity index is 1.53. The molecule has 31 heavy (non-hydrogen) atoms. The van der Waals surface area contributed by atoms with Crippen molar-refractivity contribution in [3.8, 4) is 0 Å². The third kappa shape index (κ3) is 5.34. The Bertz CT molecular complexity index is 1270. The zero-order chi connectivity index (χ0) is 21.6. The third-order valence-corrected chi connectivity index (χ3v) is 5.93. The summed E-state index contributed by atoms with van der Waals surface area (Å²) >= 11 is 7.25.